The number of nitrogens with zero attached hydrogens (tertiary/aromatic N) is 5. The minimum absolute atomic E-state index is 0.0205. The molecule has 3 amide bonds. The number of carbonyl (C=O) groups excluding carboxylic acids is 3. The standard InChI is InChI=1S/C29H35ClN6O6S2/c1-33(29(39)24-8-10-31-42-24)21-9-13-34(16-21)17-22-4-2-12-36(22)26(37)18-35-11-3-5-23(28(35)38)32-44(40,41)27-15-19-14-20(30)6-7-25(19)43-27/h6-8,10,14-15,21-23,32H,2-5,9,11-13,16-18H2,1H3. The van der Waals surface area contributed by atoms with Gasteiger partial charge in [0.1, 0.15) is 10.3 Å². The molecule has 3 aliphatic heterocycles. The van der Waals surface area contributed by atoms with E-state index >= 15 is 0 Å². The van der Waals surface area contributed by atoms with Gasteiger partial charge in [0, 0.05) is 67.6 Å². The average molecular weight is 663 g/mol. The number of fused-ring (bicyclic) bond motifs is 1. The summed E-state index contributed by atoms with van der Waals surface area (Å²) in [6.07, 6.45) is 4.99. The lowest BCUT2D eigenvalue weighted by Crippen LogP contribution is -2.55. The predicted octanol–water partition coefficient (Wildman–Crippen LogP) is 2.65. The topological polar surface area (TPSA) is 136 Å². The van der Waals surface area contributed by atoms with Gasteiger partial charge in [-0.1, -0.05) is 16.8 Å². The zero-order chi connectivity index (χ0) is 31.0. The number of amides is 3. The van der Waals surface area contributed by atoms with E-state index in [1.165, 1.54) is 11.1 Å². The highest BCUT2D eigenvalue weighted by Crippen LogP contribution is 2.31. The predicted molar refractivity (Wildman–Crippen MR) is 165 cm³/mol. The van der Waals surface area contributed by atoms with Gasteiger partial charge in [-0.3, -0.25) is 19.3 Å². The Balaban J connectivity index is 1.03. The lowest BCUT2D eigenvalue weighted by Gasteiger charge is -2.35. The van der Waals surface area contributed by atoms with E-state index in [9.17, 15) is 22.8 Å². The molecule has 6 rings (SSSR count). The van der Waals surface area contributed by atoms with Gasteiger partial charge in [-0.25, -0.2) is 8.42 Å². The molecule has 12 nitrogen and oxygen atoms in total. The van der Waals surface area contributed by atoms with Gasteiger partial charge in [0.15, 0.2) is 0 Å². The largest absolute Gasteiger partial charge is 0.351 e. The summed E-state index contributed by atoms with van der Waals surface area (Å²) in [6.45, 7) is 3.17. The number of sulfonamides is 1. The number of rotatable bonds is 9. The SMILES string of the molecule is CN(C(=O)c1ccno1)C1CCN(CC2CCCN2C(=O)CN2CCCC(NS(=O)(=O)c3cc4cc(Cl)ccc4s3)C2=O)C1. The lowest BCUT2D eigenvalue weighted by molar-refractivity contribution is -0.143. The fourth-order valence-corrected chi connectivity index (χ4v) is 9.24. The summed E-state index contributed by atoms with van der Waals surface area (Å²) in [5, 5.41) is 4.86. The minimum atomic E-state index is -3.94. The third kappa shape index (κ3) is 6.50. The van der Waals surface area contributed by atoms with E-state index in [0.717, 1.165) is 47.2 Å². The van der Waals surface area contributed by atoms with Crippen molar-refractivity contribution in [1.29, 1.82) is 0 Å². The van der Waals surface area contributed by atoms with Crippen molar-refractivity contribution in [3.8, 4) is 0 Å². The van der Waals surface area contributed by atoms with Crippen LogP contribution in [-0.4, -0.2) is 115 Å². The van der Waals surface area contributed by atoms with Gasteiger partial charge in [-0.05, 0) is 61.8 Å². The molecule has 0 bridgehead atoms. The van der Waals surface area contributed by atoms with E-state index in [4.69, 9.17) is 16.1 Å². The molecule has 0 radical (unpaired) electrons. The third-order valence-corrected chi connectivity index (χ3v) is 12.1. The fourth-order valence-electron chi connectivity index (χ4n) is 6.44. The zero-order valence-electron chi connectivity index (χ0n) is 24.4. The first-order valence-corrected chi connectivity index (χ1v) is 17.5. The van der Waals surface area contributed by atoms with Crippen molar-refractivity contribution in [2.75, 3.05) is 46.3 Å². The molecule has 0 spiro atoms. The van der Waals surface area contributed by atoms with Crippen LogP contribution in [0.4, 0.5) is 0 Å². The van der Waals surface area contributed by atoms with E-state index in [-0.39, 0.29) is 46.3 Å². The van der Waals surface area contributed by atoms with Crippen molar-refractivity contribution in [1.82, 2.24) is 29.5 Å². The van der Waals surface area contributed by atoms with Crippen molar-refractivity contribution in [2.24, 2.45) is 0 Å². The summed E-state index contributed by atoms with van der Waals surface area (Å²) in [5.74, 6) is -0.493. The number of carbonyl (C=O) groups is 3. The van der Waals surface area contributed by atoms with Crippen molar-refractivity contribution >= 4 is 60.8 Å². The quantitative estimate of drug-likeness (QED) is 0.370. The summed E-state index contributed by atoms with van der Waals surface area (Å²) in [5.41, 5.74) is 0. The van der Waals surface area contributed by atoms with E-state index in [0.29, 0.717) is 44.0 Å². The molecule has 2 aromatic heterocycles. The molecule has 1 N–H and O–H groups in total. The van der Waals surface area contributed by atoms with E-state index in [1.54, 1.807) is 42.3 Å². The average Bonchev–Trinajstić information content (AvgIpc) is 3.81. The molecule has 236 valence electrons. The number of piperidine rings is 1. The summed E-state index contributed by atoms with van der Waals surface area (Å²) < 4.78 is 34.9. The fraction of sp³-hybridized carbons (Fsp3) is 0.517. The van der Waals surface area contributed by atoms with Crippen LogP contribution in [0.15, 0.2) is 45.3 Å². The highest BCUT2D eigenvalue weighted by molar-refractivity contribution is 7.91. The molecule has 1 aromatic carbocycles. The van der Waals surface area contributed by atoms with Crippen molar-refractivity contribution in [2.45, 2.75) is 54.4 Å². The Morgan fingerprint density at radius 1 is 1.14 bits per heavy atom. The number of benzene rings is 1. The van der Waals surface area contributed by atoms with E-state index in [1.807, 2.05) is 4.90 Å². The van der Waals surface area contributed by atoms with Crippen LogP contribution in [0.5, 0.6) is 0 Å². The Morgan fingerprint density at radius 2 is 1.95 bits per heavy atom. The maximum absolute atomic E-state index is 13.5. The maximum atomic E-state index is 13.5. The number of nitrogens with one attached hydrogen (secondary N) is 1. The molecular formula is C29H35ClN6O6S2. The van der Waals surface area contributed by atoms with Crippen molar-refractivity contribution < 1.29 is 27.3 Å². The van der Waals surface area contributed by atoms with Gasteiger partial charge in [-0.2, -0.15) is 4.72 Å². The Hall–Kier alpha value is -3.04. The number of likely N-dealkylation sites (N-methyl/N-ethyl adjacent to an activating group) is 1. The number of halogens is 1. The van der Waals surface area contributed by atoms with Crippen molar-refractivity contribution in [3.63, 3.8) is 0 Å². The first-order valence-electron chi connectivity index (χ1n) is 14.8. The highest BCUT2D eigenvalue weighted by Gasteiger charge is 2.38. The monoisotopic (exact) mass is 662 g/mol. The van der Waals surface area contributed by atoms with Crippen LogP contribution in [0.3, 0.4) is 0 Å². The van der Waals surface area contributed by atoms with Crippen LogP contribution in [0.1, 0.15) is 42.7 Å². The van der Waals surface area contributed by atoms with Gasteiger partial charge < -0.3 is 19.2 Å². The number of likely N-dealkylation sites (tertiary alicyclic amines) is 3. The highest BCUT2D eigenvalue weighted by atomic mass is 35.5. The molecule has 3 aromatic rings. The summed E-state index contributed by atoms with van der Waals surface area (Å²) in [7, 11) is -2.17. The smallest absolute Gasteiger partial charge is 0.292 e. The summed E-state index contributed by atoms with van der Waals surface area (Å²) >= 11 is 7.18. The Morgan fingerprint density at radius 3 is 2.75 bits per heavy atom. The Labute approximate surface area is 264 Å². The number of thiophene rings is 1. The second kappa shape index (κ2) is 12.8. The van der Waals surface area contributed by atoms with Crippen LogP contribution in [0.25, 0.3) is 10.1 Å². The molecular weight excluding hydrogens is 628 g/mol. The van der Waals surface area contributed by atoms with Crippen LogP contribution in [0.2, 0.25) is 5.02 Å². The Kier molecular flexibility index (Phi) is 8.98. The van der Waals surface area contributed by atoms with Gasteiger partial charge >= 0.3 is 0 Å². The van der Waals surface area contributed by atoms with Crippen LogP contribution < -0.4 is 4.72 Å². The van der Waals surface area contributed by atoms with Gasteiger partial charge in [-0.15, -0.1) is 11.3 Å². The van der Waals surface area contributed by atoms with Gasteiger partial charge in [0.25, 0.3) is 15.9 Å². The van der Waals surface area contributed by atoms with Crippen LogP contribution in [0, 0.1) is 0 Å². The van der Waals surface area contributed by atoms with Gasteiger partial charge in [0.2, 0.25) is 17.6 Å². The molecule has 0 aliphatic carbocycles. The van der Waals surface area contributed by atoms with Gasteiger partial charge in [0.05, 0.1) is 12.7 Å². The third-order valence-electron chi connectivity index (χ3n) is 8.81. The summed E-state index contributed by atoms with van der Waals surface area (Å²) in [6, 6.07) is 7.43. The number of hydrogen-bond acceptors (Lipinski definition) is 9. The zero-order valence-corrected chi connectivity index (χ0v) is 26.7. The molecule has 3 unspecified atom stereocenters. The Bertz CT molecular complexity index is 1650. The molecule has 3 aliphatic rings. The van der Waals surface area contributed by atoms with E-state index in [2.05, 4.69) is 14.8 Å². The second-order valence-electron chi connectivity index (χ2n) is 11.7. The van der Waals surface area contributed by atoms with E-state index < -0.39 is 16.1 Å². The lowest BCUT2D eigenvalue weighted by atomic mass is 10.1. The molecule has 3 fully saturated rings. The molecule has 5 heterocycles. The first kappa shape index (κ1) is 31.0. The first-order chi connectivity index (χ1) is 21.1. The molecule has 0 saturated carbocycles. The number of aromatic nitrogens is 1. The van der Waals surface area contributed by atoms with Crippen molar-refractivity contribution in [3.05, 3.63) is 47.3 Å². The minimum Gasteiger partial charge on any atom is -0.351 e. The molecule has 15 heteroatoms. The molecule has 44 heavy (non-hydrogen) atoms. The molecule has 3 atom stereocenters. The second-order valence-corrected chi connectivity index (χ2v) is 15.2. The summed E-state index contributed by atoms with van der Waals surface area (Å²) in [4.78, 5) is 46.8. The van der Waals surface area contributed by atoms with Crippen LogP contribution in [-0.2, 0) is 19.6 Å². The normalized spacial score (nSPS) is 23.1. The maximum Gasteiger partial charge on any atom is 0.292 e. The molecule has 3 saturated heterocycles. The van der Waals surface area contributed by atoms with Crippen LogP contribution >= 0.6 is 22.9 Å². The number of hydrogen-bond donors (Lipinski definition) is 1.